The van der Waals surface area contributed by atoms with E-state index < -0.39 is 6.04 Å². The van der Waals surface area contributed by atoms with Gasteiger partial charge in [-0.3, -0.25) is 4.79 Å². The zero-order valence-electron chi connectivity index (χ0n) is 14.5. The Morgan fingerprint density at radius 2 is 2.00 bits per heavy atom. The van der Waals surface area contributed by atoms with E-state index in [1.54, 1.807) is 6.92 Å². The van der Waals surface area contributed by atoms with E-state index in [0.29, 0.717) is 0 Å². The van der Waals surface area contributed by atoms with Gasteiger partial charge < -0.3 is 15.6 Å². The first-order chi connectivity index (χ1) is 11.1. The first-order valence-corrected chi connectivity index (χ1v) is 8.16. The van der Waals surface area contributed by atoms with Crippen molar-refractivity contribution in [2.75, 3.05) is 5.32 Å². The molecule has 0 saturated carbocycles. The molecule has 25 heavy (non-hydrogen) atoms. The van der Waals surface area contributed by atoms with Gasteiger partial charge in [0.1, 0.15) is 5.82 Å². The molecule has 1 aliphatic heterocycles. The average molecular weight is 386 g/mol. The number of carbonyl (C=O) groups is 1. The van der Waals surface area contributed by atoms with Gasteiger partial charge in [0.2, 0.25) is 5.91 Å². The molecule has 2 heterocycles. The predicted octanol–water partition coefficient (Wildman–Crippen LogP) is 3.11. The molecular formula is C17H25Cl2N5O. The van der Waals surface area contributed by atoms with Gasteiger partial charge in [0.25, 0.3) is 0 Å². The van der Waals surface area contributed by atoms with Gasteiger partial charge in [-0.25, -0.2) is 0 Å². The van der Waals surface area contributed by atoms with Crippen LogP contribution in [-0.4, -0.2) is 26.7 Å². The minimum Gasteiger partial charge on any atom is -0.324 e. The molecule has 138 valence electrons. The highest BCUT2D eigenvalue weighted by Gasteiger charge is 2.17. The lowest BCUT2D eigenvalue weighted by Crippen LogP contribution is -2.32. The largest absolute Gasteiger partial charge is 0.324 e. The van der Waals surface area contributed by atoms with Gasteiger partial charge in [0, 0.05) is 24.2 Å². The molecule has 0 saturated heterocycles. The second-order valence-corrected chi connectivity index (χ2v) is 6.21. The Bertz CT molecular complexity index is 730. The fourth-order valence-electron chi connectivity index (χ4n) is 2.84. The molecular weight excluding hydrogens is 361 g/mol. The van der Waals surface area contributed by atoms with Gasteiger partial charge in [-0.2, -0.15) is 0 Å². The van der Waals surface area contributed by atoms with Crippen LogP contribution in [0.1, 0.15) is 37.6 Å². The van der Waals surface area contributed by atoms with E-state index in [4.69, 9.17) is 5.73 Å². The first kappa shape index (κ1) is 21.4. The lowest BCUT2D eigenvalue weighted by molar-refractivity contribution is -0.117. The fraction of sp³-hybridized carbons (Fsp3) is 0.471. The summed E-state index contributed by atoms with van der Waals surface area (Å²) in [6.07, 6.45) is 4.53. The van der Waals surface area contributed by atoms with E-state index >= 15 is 0 Å². The van der Waals surface area contributed by atoms with Gasteiger partial charge in [-0.1, -0.05) is 18.6 Å². The van der Waals surface area contributed by atoms with Crippen LogP contribution in [0.15, 0.2) is 18.2 Å². The van der Waals surface area contributed by atoms with Gasteiger partial charge in [-0.05, 0) is 38.3 Å². The number of nitrogens with zero attached hydrogens (tertiary/aromatic N) is 3. The molecule has 1 amide bonds. The summed E-state index contributed by atoms with van der Waals surface area (Å²) in [4.78, 5) is 11.9. The van der Waals surface area contributed by atoms with Crippen molar-refractivity contribution in [1.82, 2.24) is 14.8 Å². The quantitative estimate of drug-likeness (QED) is 0.849. The van der Waals surface area contributed by atoms with Crippen molar-refractivity contribution in [3.8, 4) is 11.4 Å². The summed E-state index contributed by atoms with van der Waals surface area (Å²) in [6.45, 7) is 4.59. The number of nitrogens with one attached hydrogen (secondary N) is 1. The number of carbonyl (C=O) groups excluding carboxylic acids is 1. The number of aromatic nitrogens is 3. The molecule has 0 radical (unpaired) electrons. The van der Waals surface area contributed by atoms with Gasteiger partial charge >= 0.3 is 0 Å². The number of halogens is 2. The molecule has 8 heteroatoms. The molecule has 3 N–H and O–H groups in total. The van der Waals surface area contributed by atoms with Crippen molar-refractivity contribution in [2.45, 2.75) is 52.1 Å². The maximum atomic E-state index is 11.9. The molecule has 1 unspecified atom stereocenters. The van der Waals surface area contributed by atoms with Crippen molar-refractivity contribution >= 4 is 36.4 Å². The minimum atomic E-state index is -0.539. The Hall–Kier alpha value is -1.63. The van der Waals surface area contributed by atoms with Crippen LogP contribution in [0.3, 0.4) is 0 Å². The number of nitrogens with two attached hydrogens (primary N) is 1. The maximum absolute atomic E-state index is 11.9. The molecule has 0 bridgehead atoms. The van der Waals surface area contributed by atoms with Crippen LogP contribution < -0.4 is 11.1 Å². The number of fused-ring (bicyclic) bond motifs is 1. The van der Waals surface area contributed by atoms with Crippen molar-refractivity contribution in [3.05, 3.63) is 29.6 Å². The molecule has 3 rings (SSSR count). The summed E-state index contributed by atoms with van der Waals surface area (Å²) in [5.74, 6) is 1.74. The Morgan fingerprint density at radius 3 is 2.72 bits per heavy atom. The minimum absolute atomic E-state index is 0. The van der Waals surface area contributed by atoms with Crippen LogP contribution >= 0.6 is 24.8 Å². The normalized spacial score (nSPS) is 14.4. The second kappa shape index (κ2) is 9.17. The Kier molecular flexibility index (Phi) is 7.86. The molecule has 0 aliphatic carbocycles. The number of benzene rings is 1. The Morgan fingerprint density at radius 1 is 1.24 bits per heavy atom. The number of hydrogen-bond donors (Lipinski definition) is 2. The lowest BCUT2D eigenvalue weighted by Gasteiger charge is -2.13. The summed E-state index contributed by atoms with van der Waals surface area (Å²) in [7, 11) is 0. The zero-order chi connectivity index (χ0) is 16.4. The van der Waals surface area contributed by atoms with Crippen molar-refractivity contribution < 1.29 is 4.79 Å². The van der Waals surface area contributed by atoms with Crippen LogP contribution in [0.25, 0.3) is 11.4 Å². The number of rotatable bonds is 3. The number of amides is 1. The van der Waals surface area contributed by atoms with Crippen LogP contribution in [0.5, 0.6) is 0 Å². The predicted molar refractivity (Wildman–Crippen MR) is 105 cm³/mol. The Balaban J connectivity index is 0.00000156. The van der Waals surface area contributed by atoms with E-state index in [2.05, 4.69) is 20.1 Å². The summed E-state index contributed by atoms with van der Waals surface area (Å²) in [5.41, 5.74) is 8.38. The van der Waals surface area contributed by atoms with Gasteiger partial charge in [-0.15, -0.1) is 35.0 Å². The van der Waals surface area contributed by atoms with Gasteiger partial charge in [0.15, 0.2) is 5.82 Å². The molecule has 2 aromatic rings. The van der Waals surface area contributed by atoms with Crippen LogP contribution in [-0.2, 0) is 17.8 Å². The first-order valence-electron chi connectivity index (χ1n) is 8.16. The second-order valence-electron chi connectivity index (χ2n) is 6.21. The molecule has 0 spiro atoms. The highest BCUT2D eigenvalue weighted by atomic mass is 35.5. The molecule has 1 aromatic carbocycles. The number of anilines is 1. The maximum Gasteiger partial charge on any atom is 0.241 e. The van der Waals surface area contributed by atoms with Crippen LogP contribution in [0, 0.1) is 6.92 Å². The SMILES string of the molecule is Cc1ccc(-c2nnc3n2CCCCC3)cc1NC(=O)C(C)N.Cl.Cl. The van der Waals surface area contributed by atoms with Crippen molar-refractivity contribution in [1.29, 1.82) is 0 Å². The fourth-order valence-corrected chi connectivity index (χ4v) is 2.84. The third-order valence-electron chi connectivity index (χ3n) is 4.28. The summed E-state index contributed by atoms with van der Waals surface area (Å²) in [6, 6.07) is 5.43. The van der Waals surface area contributed by atoms with E-state index in [0.717, 1.165) is 47.8 Å². The topological polar surface area (TPSA) is 85.8 Å². The summed E-state index contributed by atoms with van der Waals surface area (Å²) in [5, 5.41) is 11.6. The standard InChI is InChI=1S/C17H23N5O.2ClH/c1-11-7-8-13(10-14(11)19-17(23)12(2)18)16-21-20-15-6-4-3-5-9-22(15)16;;/h7-8,10,12H,3-6,9,18H2,1-2H3,(H,19,23);2*1H. The van der Waals surface area contributed by atoms with Crippen LogP contribution in [0.4, 0.5) is 5.69 Å². The van der Waals surface area contributed by atoms with E-state index in [9.17, 15) is 4.79 Å². The molecule has 1 atom stereocenters. The number of aryl methyl sites for hydroxylation is 2. The van der Waals surface area contributed by atoms with E-state index in [1.165, 1.54) is 12.8 Å². The van der Waals surface area contributed by atoms with Crippen molar-refractivity contribution in [3.63, 3.8) is 0 Å². The summed E-state index contributed by atoms with van der Waals surface area (Å²) < 4.78 is 2.20. The molecule has 1 aliphatic rings. The average Bonchev–Trinajstić information content (AvgIpc) is 2.78. The third-order valence-corrected chi connectivity index (χ3v) is 4.28. The van der Waals surface area contributed by atoms with E-state index in [1.807, 2.05) is 25.1 Å². The Labute approximate surface area is 160 Å². The lowest BCUT2D eigenvalue weighted by atomic mass is 10.1. The smallest absolute Gasteiger partial charge is 0.241 e. The molecule has 0 fully saturated rings. The third kappa shape index (κ3) is 4.71. The van der Waals surface area contributed by atoms with E-state index in [-0.39, 0.29) is 30.7 Å². The van der Waals surface area contributed by atoms with Crippen LogP contribution in [0.2, 0.25) is 0 Å². The summed E-state index contributed by atoms with van der Waals surface area (Å²) >= 11 is 0. The van der Waals surface area contributed by atoms with Crippen molar-refractivity contribution in [2.24, 2.45) is 5.73 Å². The molecule has 1 aromatic heterocycles. The molecule has 6 nitrogen and oxygen atoms in total. The monoisotopic (exact) mass is 385 g/mol. The highest BCUT2D eigenvalue weighted by Crippen LogP contribution is 2.26. The zero-order valence-corrected chi connectivity index (χ0v) is 16.1. The number of hydrogen-bond acceptors (Lipinski definition) is 4. The highest BCUT2D eigenvalue weighted by molar-refractivity contribution is 5.95. The van der Waals surface area contributed by atoms with Gasteiger partial charge in [0.05, 0.1) is 6.04 Å².